The Morgan fingerprint density at radius 1 is 1.35 bits per heavy atom. The fraction of sp³-hybridized carbons (Fsp3) is 0.167. The zero-order chi connectivity index (χ0) is 11.7. The first kappa shape index (κ1) is 10.8. The number of hydrogen-bond donors (Lipinski definition) is 1. The number of benzene rings is 1. The van der Waals surface area contributed by atoms with E-state index >= 15 is 0 Å². The lowest BCUT2D eigenvalue weighted by atomic mass is 10.2. The topological polar surface area (TPSA) is 38.9 Å². The van der Waals surface area contributed by atoms with Gasteiger partial charge in [-0.3, -0.25) is 0 Å². The van der Waals surface area contributed by atoms with Gasteiger partial charge in [0.2, 0.25) is 0 Å². The van der Waals surface area contributed by atoms with Crippen LogP contribution in [0, 0.1) is 0 Å². The number of oxazole rings is 1. The minimum atomic E-state index is 0.799. The molecule has 0 amide bonds. The molecule has 3 aromatic rings. The molecule has 1 aromatic carbocycles. The van der Waals surface area contributed by atoms with Crippen LogP contribution in [0.15, 0.2) is 34.4 Å². The molecular weight excluding hydrogens is 252 g/mol. The maximum atomic E-state index is 5.29. The number of nitrogens with zero attached hydrogens (tertiary/aromatic N) is 2. The lowest BCUT2D eigenvalue weighted by molar-refractivity contribution is 0.602. The van der Waals surface area contributed by atoms with Crippen molar-refractivity contribution in [3.8, 4) is 10.6 Å². The van der Waals surface area contributed by atoms with Gasteiger partial charge in [-0.05, 0) is 30.4 Å². The quantitative estimate of drug-likeness (QED) is 0.735. The molecular formula is C12H10N2OS2. The van der Waals surface area contributed by atoms with Gasteiger partial charge in [0.25, 0.3) is 0 Å². The van der Waals surface area contributed by atoms with E-state index in [0.29, 0.717) is 0 Å². The second kappa shape index (κ2) is 4.50. The molecule has 0 radical (unpaired) electrons. The highest BCUT2D eigenvalue weighted by molar-refractivity contribution is 7.80. The zero-order valence-electron chi connectivity index (χ0n) is 8.96. The molecule has 17 heavy (non-hydrogen) atoms. The fourth-order valence-electron chi connectivity index (χ4n) is 1.66. The monoisotopic (exact) mass is 262 g/mol. The standard InChI is InChI=1S/C12H10N2OS2/c16-4-3-9-6-17-12(14-9)8-1-2-10-11(5-8)15-7-13-10/h1-2,5-7,16H,3-4H2. The molecule has 5 heteroatoms. The van der Waals surface area contributed by atoms with Crippen LogP contribution < -0.4 is 0 Å². The smallest absolute Gasteiger partial charge is 0.181 e. The summed E-state index contributed by atoms with van der Waals surface area (Å²) >= 11 is 5.86. The highest BCUT2D eigenvalue weighted by atomic mass is 32.1. The van der Waals surface area contributed by atoms with E-state index in [1.807, 2.05) is 18.2 Å². The normalized spacial score (nSPS) is 11.1. The second-order valence-electron chi connectivity index (χ2n) is 3.65. The number of hydrogen-bond acceptors (Lipinski definition) is 5. The minimum absolute atomic E-state index is 0.799. The molecule has 0 N–H and O–H groups in total. The lowest BCUT2D eigenvalue weighted by Gasteiger charge is -1.95. The van der Waals surface area contributed by atoms with Crippen molar-refractivity contribution in [3.05, 3.63) is 35.7 Å². The summed E-state index contributed by atoms with van der Waals surface area (Å²) in [6, 6.07) is 5.95. The second-order valence-corrected chi connectivity index (χ2v) is 4.96. The molecule has 0 atom stereocenters. The van der Waals surface area contributed by atoms with Crippen molar-refractivity contribution in [3.63, 3.8) is 0 Å². The Balaban J connectivity index is 2.00. The maximum absolute atomic E-state index is 5.29. The van der Waals surface area contributed by atoms with Crippen molar-refractivity contribution in [2.45, 2.75) is 6.42 Å². The molecule has 0 aliphatic rings. The van der Waals surface area contributed by atoms with Gasteiger partial charge >= 0.3 is 0 Å². The molecule has 0 aliphatic carbocycles. The maximum Gasteiger partial charge on any atom is 0.181 e. The summed E-state index contributed by atoms with van der Waals surface area (Å²) in [6.07, 6.45) is 2.37. The van der Waals surface area contributed by atoms with Crippen molar-refractivity contribution in [1.82, 2.24) is 9.97 Å². The fourth-order valence-corrected chi connectivity index (χ4v) is 2.74. The molecule has 0 saturated heterocycles. The van der Waals surface area contributed by atoms with Gasteiger partial charge in [0.15, 0.2) is 12.0 Å². The number of fused-ring (bicyclic) bond motifs is 1. The summed E-state index contributed by atoms with van der Waals surface area (Å²) < 4.78 is 5.29. The van der Waals surface area contributed by atoms with Gasteiger partial charge in [0.1, 0.15) is 10.5 Å². The van der Waals surface area contributed by atoms with Crippen LogP contribution in [0.3, 0.4) is 0 Å². The van der Waals surface area contributed by atoms with Crippen molar-refractivity contribution in [2.24, 2.45) is 0 Å². The number of thiazole rings is 1. The van der Waals surface area contributed by atoms with Crippen molar-refractivity contribution < 1.29 is 4.42 Å². The first-order chi connectivity index (χ1) is 8.36. The van der Waals surface area contributed by atoms with E-state index in [1.165, 1.54) is 6.39 Å². The van der Waals surface area contributed by atoms with Gasteiger partial charge in [-0.1, -0.05) is 0 Å². The van der Waals surface area contributed by atoms with Gasteiger partial charge in [-0.15, -0.1) is 11.3 Å². The third-order valence-corrected chi connectivity index (χ3v) is 3.66. The summed E-state index contributed by atoms with van der Waals surface area (Å²) in [5, 5.41) is 3.09. The SMILES string of the molecule is SCCc1csc(-c2ccc3ncoc3c2)n1. The number of aromatic nitrogens is 2. The van der Waals surface area contributed by atoms with E-state index in [4.69, 9.17) is 4.42 Å². The van der Waals surface area contributed by atoms with E-state index in [9.17, 15) is 0 Å². The van der Waals surface area contributed by atoms with Gasteiger partial charge in [-0.25, -0.2) is 9.97 Å². The molecule has 0 unspecified atom stereocenters. The average Bonchev–Trinajstić information content (AvgIpc) is 2.96. The summed E-state index contributed by atoms with van der Waals surface area (Å²) in [7, 11) is 0. The molecule has 0 aliphatic heterocycles. The van der Waals surface area contributed by atoms with Crippen LogP contribution in [0.25, 0.3) is 21.7 Å². The van der Waals surface area contributed by atoms with Crippen LogP contribution >= 0.6 is 24.0 Å². The Bertz CT molecular complexity index is 645. The highest BCUT2D eigenvalue weighted by Gasteiger charge is 2.06. The van der Waals surface area contributed by atoms with Gasteiger partial charge < -0.3 is 4.42 Å². The first-order valence-corrected chi connectivity index (χ1v) is 6.77. The van der Waals surface area contributed by atoms with Crippen LogP contribution in [-0.2, 0) is 6.42 Å². The third-order valence-electron chi connectivity index (χ3n) is 2.50. The number of aryl methyl sites for hydroxylation is 1. The summed E-state index contributed by atoms with van der Waals surface area (Å²) in [4.78, 5) is 8.66. The van der Waals surface area contributed by atoms with E-state index in [2.05, 4.69) is 28.0 Å². The molecule has 3 rings (SSSR count). The largest absolute Gasteiger partial charge is 0.443 e. The van der Waals surface area contributed by atoms with Crippen molar-refractivity contribution in [2.75, 3.05) is 5.75 Å². The Morgan fingerprint density at radius 3 is 3.18 bits per heavy atom. The summed E-state index contributed by atoms with van der Waals surface area (Å²) in [6.45, 7) is 0. The van der Waals surface area contributed by atoms with Crippen LogP contribution in [0.2, 0.25) is 0 Å². The minimum Gasteiger partial charge on any atom is -0.443 e. The lowest BCUT2D eigenvalue weighted by Crippen LogP contribution is -1.85. The number of rotatable bonds is 3. The Morgan fingerprint density at radius 2 is 2.29 bits per heavy atom. The molecule has 2 aromatic heterocycles. The van der Waals surface area contributed by atoms with Gasteiger partial charge in [0.05, 0.1) is 5.69 Å². The van der Waals surface area contributed by atoms with Crippen molar-refractivity contribution in [1.29, 1.82) is 0 Å². The molecule has 0 spiro atoms. The zero-order valence-corrected chi connectivity index (χ0v) is 10.7. The molecule has 0 bridgehead atoms. The van der Waals surface area contributed by atoms with Crippen LogP contribution in [-0.4, -0.2) is 15.7 Å². The Labute approximate surface area is 108 Å². The molecule has 3 nitrogen and oxygen atoms in total. The third kappa shape index (κ3) is 2.08. The molecule has 0 saturated carbocycles. The van der Waals surface area contributed by atoms with Crippen LogP contribution in [0.4, 0.5) is 0 Å². The summed E-state index contributed by atoms with van der Waals surface area (Å²) in [5.41, 5.74) is 3.84. The Kier molecular flexibility index (Phi) is 2.86. The molecule has 0 fully saturated rings. The van der Waals surface area contributed by atoms with Gasteiger partial charge in [0, 0.05) is 10.9 Å². The molecule has 86 valence electrons. The predicted octanol–water partition coefficient (Wildman–Crippen LogP) is 3.42. The van der Waals surface area contributed by atoms with Crippen LogP contribution in [0.1, 0.15) is 5.69 Å². The van der Waals surface area contributed by atoms with E-state index in [0.717, 1.165) is 39.5 Å². The van der Waals surface area contributed by atoms with Crippen molar-refractivity contribution >= 4 is 35.1 Å². The predicted molar refractivity (Wildman–Crippen MR) is 72.7 cm³/mol. The van der Waals surface area contributed by atoms with Crippen LogP contribution in [0.5, 0.6) is 0 Å². The number of thiol groups is 1. The first-order valence-electron chi connectivity index (χ1n) is 5.26. The van der Waals surface area contributed by atoms with E-state index in [1.54, 1.807) is 11.3 Å². The highest BCUT2D eigenvalue weighted by Crippen LogP contribution is 2.27. The average molecular weight is 262 g/mol. The van der Waals surface area contributed by atoms with Gasteiger partial charge in [-0.2, -0.15) is 12.6 Å². The molecule has 2 heterocycles. The summed E-state index contributed by atoms with van der Waals surface area (Å²) in [5.74, 6) is 0.824. The Hall–Kier alpha value is -1.33. The van der Waals surface area contributed by atoms with E-state index < -0.39 is 0 Å². The van der Waals surface area contributed by atoms with E-state index in [-0.39, 0.29) is 0 Å².